The Morgan fingerprint density at radius 2 is 1.85 bits per heavy atom. The summed E-state index contributed by atoms with van der Waals surface area (Å²) in [6.07, 6.45) is 4.93. The number of thiophene rings is 1. The van der Waals surface area contributed by atoms with Crippen molar-refractivity contribution in [3.05, 3.63) is 94.7 Å². The molecule has 5 rings (SSSR count). The molecule has 1 aromatic heterocycles. The predicted molar refractivity (Wildman–Crippen MR) is 128 cm³/mol. The van der Waals surface area contributed by atoms with Crippen LogP contribution >= 0.6 is 11.3 Å². The summed E-state index contributed by atoms with van der Waals surface area (Å²) in [6, 6.07) is 15.9. The number of carboxylic acids is 1. The van der Waals surface area contributed by atoms with Gasteiger partial charge in [0.15, 0.2) is 11.3 Å². The minimum absolute atomic E-state index is 0.0390. The smallest absolute Gasteiger partial charge is 0.335 e. The lowest BCUT2D eigenvalue weighted by Crippen LogP contribution is -2.49. The lowest BCUT2D eigenvalue weighted by molar-refractivity contribution is -0.142. The zero-order chi connectivity index (χ0) is 23.0. The molecule has 2 heterocycles. The summed E-state index contributed by atoms with van der Waals surface area (Å²) >= 11 is 1.48. The maximum atomic E-state index is 13.3. The van der Waals surface area contributed by atoms with E-state index in [1.54, 1.807) is 47.4 Å². The Morgan fingerprint density at radius 1 is 1.09 bits per heavy atom. The maximum Gasteiger partial charge on any atom is 0.335 e. The minimum atomic E-state index is -1.58. The number of aromatic hydroxyl groups is 1. The van der Waals surface area contributed by atoms with Crippen molar-refractivity contribution in [2.75, 3.05) is 4.90 Å². The average Bonchev–Trinajstić information content (AvgIpc) is 3.44. The number of phenolic OH excluding ortho intramolecular Hbond substituents is 1. The number of amides is 1. The Labute approximate surface area is 193 Å². The Morgan fingerprint density at radius 3 is 2.58 bits per heavy atom. The molecule has 2 aliphatic rings. The van der Waals surface area contributed by atoms with Crippen molar-refractivity contribution < 1.29 is 19.8 Å². The van der Waals surface area contributed by atoms with Crippen molar-refractivity contribution in [2.24, 2.45) is 5.10 Å². The van der Waals surface area contributed by atoms with Gasteiger partial charge in [-0.25, -0.2) is 4.79 Å². The van der Waals surface area contributed by atoms with E-state index in [-0.39, 0.29) is 23.8 Å². The van der Waals surface area contributed by atoms with Crippen LogP contribution in [0.4, 0.5) is 11.4 Å². The lowest BCUT2D eigenvalue weighted by atomic mass is 9.84. The predicted octanol–water partition coefficient (Wildman–Crippen LogP) is 4.29. The quantitative estimate of drug-likeness (QED) is 0.496. The summed E-state index contributed by atoms with van der Waals surface area (Å²) < 4.78 is 0. The van der Waals surface area contributed by atoms with Gasteiger partial charge in [0.05, 0.1) is 11.4 Å². The molecular formula is C25H19N3O4S. The molecule has 1 amide bonds. The Kier molecular flexibility index (Phi) is 5.07. The summed E-state index contributed by atoms with van der Waals surface area (Å²) in [5, 5.41) is 28.4. The molecule has 164 valence electrons. The summed E-state index contributed by atoms with van der Waals surface area (Å²) in [6.45, 7) is 0. The van der Waals surface area contributed by atoms with Crippen molar-refractivity contribution in [2.45, 2.75) is 12.0 Å². The van der Waals surface area contributed by atoms with Crippen LogP contribution in [0.3, 0.4) is 0 Å². The van der Waals surface area contributed by atoms with Crippen molar-refractivity contribution in [3.8, 4) is 5.75 Å². The standard InChI is InChI=1S/C25H19N3O4S/c29-21-10-4-2-7-18(21)16-6-5-12-25(14-16,24(31)32)27-26-22-19-8-1-3-9-20(19)28(23(22)30)17-11-13-33-15-17/h1-13,15,27,29H,14H2,(H,31,32)/b26-22-. The molecule has 8 heteroatoms. The fourth-order valence-electron chi connectivity index (χ4n) is 4.05. The summed E-state index contributed by atoms with van der Waals surface area (Å²) in [4.78, 5) is 27.2. The van der Waals surface area contributed by atoms with E-state index in [0.29, 0.717) is 22.4 Å². The molecule has 1 unspecified atom stereocenters. The molecule has 3 N–H and O–H groups in total. The summed E-state index contributed by atoms with van der Waals surface area (Å²) in [7, 11) is 0. The van der Waals surface area contributed by atoms with Gasteiger partial charge in [-0.3, -0.25) is 15.1 Å². The van der Waals surface area contributed by atoms with Gasteiger partial charge in [-0.1, -0.05) is 48.6 Å². The molecule has 0 fully saturated rings. The third kappa shape index (κ3) is 3.50. The van der Waals surface area contributed by atoms with Crippen molar-refractivity contribution in [1.82, 2.24) is 5.43 Å². The zero-order valence-corrected chi connectivity index (χ0v) is 18.1. The van der Waals surface area contributed by atoms with E-state index in [4.69, 9.17) is 0 Å². The number of carbonyl (C=O) groups is 2. The third-order valence-electron chi connectivity index (χ3n) is 5.72. The summed E-state index contributed by atoms with van der Waals surface area (Å²) in [5.74, 6) is -1.41. The first-order valence-corrected chi connectivity index (χ1v) is 11.2. The fourth-order valence-corrected chi connectivity index (χ4v) is 4.67. The molecule has 0 spiro atoms. The molecule has 3 aromatic rings. The van der Waals surface area contributed by atoms with Crippen LogP contribution in [0, 0.1) is 0 Å². The highest BCUT2D eigenvalue weighted by molar-refractivity contribution is 7.08. The normalized spacial score (nSPS) is 20.6. The van der Waals surface area contributed by atoms with E-state index in [2.05, 4.69) is 10.5 Å². The number of hydrogen-bond donors (Lipinski definition) is 3. The second-order valence-corrected chi connectivity index (χ2v) is 8.51. The van der Waals surface area contributed by atoms with Gasteiger partial charge in [0.2, 0.25) is 0 Å². The number of allylic oxidation sites excluding steroid dienone is 2. The zero-order valence-electron chi connectivity index (χ0n) is 17.3. The van der Waals surface area contributed by atoms with Gasteiger partial charge in [-0.2, -0.15) is 16.4 Å². The average molecular weight is 458 g/mol. The molecule has 1 aliphatic heterocycles. The number of benzene rings is 2. The molecule has 7 nitrogen and oxygen atoms in total. The van der Waals surface area contributed by atoms with E-state index in [1.165, 1.54) is 17.4 Å². The van der Waals surface area contributed by atoms with Gasteiger partial charge in [-0.05, 0) is 35.2 Å². The Hall–Kier alpha value is -4.17. The molecule has 33 heavy (non-hydrogen) atoms. The van der Waals surface area contributed by atoms with Crippen molar-refractivity contribution in [3.63, 3.8) is 0 Å². The second kappa shape index (κ2) is 8.07. The van der Waals surface area contributed by atoms with Crippen molar-refractivity contribution >= 4 is 45.9 Å². The van der Waals surface area contributed by atoms with Gasteiger partial charge < -0.3 is 10.2 Å². The number of rotatable bonds is 5. The number of phenols is 1. The first kappa shape index (κ1) is 20.7. The van der Waals surface area contributed by atoms with E-state index < -0.39 is 11.5 Å². The number of nitrogens with one attached hydrogen (secondary N) is 1. The number of aliphatic carboxylic acids is 1. The van der Waals surface area contributed by atoms with Crippen molar-refractivity contribution in [1.29, 1.82) is 0 Å². The molecule has 0 bridgehead atoms. The van der Waals surface area contributed by atoms with E-state index >= 15 is 0 Å². The van der Waals surface area contributed by atoms with Crippen LogP contribution in [0.25, 0.3) is 5.57 Å². The third-order valence-corrected chi connectivity index (χ3v) is 6.39. The van der Waals surface area contributed by atoms with Crippen LogP contribution < -0.4 is 10.3 Å². The highest BCUT2D eigenvalue weighted by Gasteiger charge is 2.41. The first-order valence-electron chi connectivity index (χ1n) is 10.2. The van der Waals surface area contributed by atoms with Gasteiger partial charge in [0.1, 0.15) is 5.75 Å². The van der Waals surface area contributed by atoms with Crippen LogP contribution in [0.5, 0.6) is 5.75 Å². The Balaban J connectivity index is 1.50. The van der Waals surface area contributed by atoms with Crippen LogP contribution in [0.15, 0.2) is 88.7 Å². The monoisotopic (exact) mass is 457 g/mol. The molecule has 1 aliphatic carbocycles. The Bertz CT molecular complexity index is 1340. The minimum Gasteiger partial charge on any atom is -0.507 e. The SMILES string of the molecule is O=C1/C(=N\NC2(C(=O)O)C=CC=C(c3ccccc3O)C2)c2ccccc2N1c1ccsc1. The van der Waals surface area contributed by atoms with Crippen LogP contribution in [0.2, 0.25) is 0 Å². The molecule has 1 atom stereocenters. The van der Waals surface area contributed by atoms with Gasteiger partial charge in [0, 0.05) is 22.9 Å². The molecule has 0 saturated carbocycles. The number of hydrazone groups is 1. The number of fused-ring (bicyclic) bond motifs is 1. The molecule has 0 radical (unpaired) electrons. The highest BCUT2D eigenvalue weighted by Crippen LogP contribution is 2.38. The fraction of sp³-hybridized carbons (Fsp3) is 0.0800. The number of carboxylic acid groups (broad SMARTS) is 1. The topological polar surface area (TPSA) is 102 Å². The number of carbonyl (C=O) groups excluding carboxylic acids is 1. The molecular weight excluding hydrogens is 438 g/mol. The highest BCUT2D eigenvalue weighted by atomic mass is 32.1. The lowest BCUT2D eigenvalue weighted by Gasteiger charge is -2.29. The van der Waals surface area contributed by atoms with E-state index in [1.807, 2.05) is 35.0 Å². The first-order chi connectivity index (χ1) is 16.0. The number of nitrogens with zero attached hydrogens (tertiary/aromatic N) is 2. The van der Waals surface area contributed by atoms with Gasteiger partial charge >= 0.3 is 5.97 Å². The second-order valence-electron chi connectivity index (χ2n) is 7.73. The van der Waals surface area contributed by atoms with Gasteiger partial charge in [-0.15, -0.1) is 0 Å². The van der Waals surface area contributed by atoms with Crippen LogP contribution in [0.1, 0.15) is 17.5 Å². The number of anilines is 2. The number of para-hydroxylation sites is 2. The summed E-state index contributed by atoms with van der Waals surface area (Å²) in [5.41, 5.74) is 4.57. The van der Waals surface area contributed by atoms with Gasteiger partial charge in [0.25, 0.3) is 5.91 Å². The maximum absolute atomic E-state index is 13.3. The largest absolute Gasteiger partial charge is 0.507 e. The molecule has 0 saturated heterocycles. The molecule has 2 aromatic carbocycles. The van der Waals surface area contributed by atoms with Crippen LogP contribution in [-0.4, -0.2) is 33.3 Å². The van der Waals surface area contributed by atoms with Crippen LogP contribution in [-0.2, 0) is 9.59 Å². The van der Waals surface area contributed by atoms with E-state index in [9.17, 15) is 19.8 Å². The number of hydrogen-bond acceptors (Lipinski definition) is 6. The van der Waals surface area contributed by atoms with E-state index in [0.717, 1.165) is 5.69 Å².